The highest BCUT2D eigenvalue weighted by Gasteiger charge is 2.33. The molecule has 2 amide bonds. The summed E-state index contributed by atoms with van der Waals surface area (Å²) in [6, 6.07) is 7.86. The predicted molar refractivity (Wildman–Crippen MR) is 110 cm³/mol. The summed E-state index contributed by atoms with van der Waals surface area (Å²) >= 11 is 6.14. The van der Waals surface area contributed by atoms with Gasteiger partial charge in [0.2, 0.25) is 0 Å². The van der Waals surface area contributed by atoms with Gasteiger partial charge in [-0.15, -0.1) is 0 Å². The summed E-state index contributed by atoms with van der Waals surface area (Å²) < 4.78 is 38.3. The lowest BCUT2D eigenvalue weighted by atomic mass is 10.1. The molecule has 0 spiro atoms. The third-order valence-electron chi connectivity index (χ3n) is 4.23. The van der Waals surface area contributed by atoms with E-state index in [-0.39, 0.29) is 27.7 Å². The van der Waals surface area contributed by atoms with Crippen LogP contribution in [0.5, 0.6) is 0 Å². The van der Waals surface area contributed by atoms with Crippen molar-refractivity contribution in [3.8, 4) is 0 Å². The molecule has 0 radical (unpaired) electrons. The Hall–Kier alpha value is -3.46. The minimum Gasteiger partial charge on any atom is -0.322 e. The fourth-order valence-corrected chi connectivity index (χ4v) is 2.89. The van der Waals surface area contributed by atoms with Gasteiger partial charge in [0.25, 0.3) is 11.8 Å². The number of nitrogens with zero attached hydrogens (tertiary/aromatic N) is 2. The average molecular weight is 449 g/mol. The summed E-state index contributed by atoms with van der Waals surface area (Å²) in [5, 5.41) is 5.44. The molecule has 160 valence electrons. The molecule has 0 fully saturated rings. The van der Waals surface area contributed by atoms with Crippen LogP contribution in [0.1, 0.15) is 37.7 Å². The summed E-state index contributed by atoms with van der Waals surface area (Å²) in [5.74, 6) is -1.09. The van der Waals surface area contributed by atoms with Gasteiger partial charge in [0.15, 0.2) is 0 Å². The molecule has 10 heteroatoms. The van der Waals surface area contributed by atoms with Crippen molar-refractivity contribution >= 4 is 34.8 Å². The van der Waals surface area contributed by atoms with E-state index in [0.717, 1.165) is 17.7 Å². The van der Waals surface area contributed by atoms with Gasteiger partial charge in [-0.05, 0) is 55.8 Å². The molecule has 0 aliphatic heterocycles. The maximum absolute atomic E-state index is 12.8. The van der Waals surface area contributed by atoms with Crippen molar-refractivity contribution in [2.24, 2.45) is 0 Å². The molecule has 0 saturated heterocycles. The van der Waals surface area contributed by atoms with Gasteiger partial charge in [0.1, 0.15) is 5.69 Å². The summed E-state index contributed by atoms with van der Waals surface area (Å²) in [4.78, 5) is 32.4. The van der Waals surface area contributed by atoms with Gasteiger partial charge in [-0.1, -0.05) is 11.6 Å². The Morgan fingerprint density at radius 2 is 1.71 bits per heavy atom. The molecule has 0 atom stereocenters. The quantitative estimate of drug-likeness (QED) is 0.569. The van der Waals surface area contributed by atoms with Crippen LogP contribution in [0.3, 0.4) is 0 Å². The van der Waals surface area contributed by atoms with E-state index in [9.17, 15) is 22.8 Å². The van der Waals surface area contributed by atoms with Crippen LogP contribution in [0, 0.1) is 13.8 Å². The second-order valence-electron chi connectivity index (χ2n) is 6.68. The van der Waals surface area contributed by atoms with Crippen LogP contribution in [0.15, 0.2) is 48.8 Å². The Kier molecular flexibility index (Phi) is 6.26. The smallest absolute Gasteiger partial charge is 0.322 e. The number of anilines is 2. The fourth-order valence-electron chi connectivity index (χ4n) is 2.73. The molecular formula is C21H16ClF3N4O2. The normalized spacial score (nSPS) is 11.2. The lowest BCUT2D eigenvalue weighted by Gasteiger charge is -2.12. The summed E-state index contributed by atoms with van der Waals surface area (Å²) in [7, 11) is 0. The number of hydrogen-bond donors (Lipinski definition) is 2. The van der Waals surface area contributed by atoms with Crippen LogP contribution in [0.4, 0.5) is 24.5 Å². The molecule has 0 aliphatic carbocycles. The molecule has 6 nitrogen and oxygen atoms in total. The van der Waals surface area contributed by atoms with Crippen molar-refractivity contribution in [2.45, 2.75) is 20.0 Å². The van der Waals surface area contributed by atoms with Gasteiger partial charge < -0.3 is 10.6 Å². The summed E-state index contributed by atoms with van der Waals surface area (Å²) in [6.45, 7) is 3.11. The molecule has 2 heterocycles. The lowest BCUT2D eigenvalue weighted by Crippen LogP contribution is -2.17. The number of aryl methyl sites for hydroxylation is 2. The number of hydrogen-bond acceptors (Lipinski definition) is 4. The number of halogens is 4. The highest BCUT2D eigenvalue weighted by Crippen LogP contribution is 2.29. The number of aromatic nitrogens is 2. The third kappa shape index (κ3) is 5.37. The van der Waals surface area contributed by atoms with E-state index in [1.807, 2.05) is 0 Å². The van der Waals surface area contributed by atoms with Crippen molar-refractivity contribution < 1.29 is 22.8 Å². The fraction of sp³-hybridized carbons (Fsp3) is 0.143. The summed E-state index contributed by atoms with van der Waals surface area (Å²) in [5.41, 5.74) is 0.502. The topological polar surface area (TPSA) is 84.0 Å². The standard InChI is InChI=1S/C21H16ClF3N4O2/c1-11-7-13(10-26-9-11)19(30)29-17-8-14(3-5-16(17)22)28-20(31)15-4-6-18(21(23,24)25)27-12(15)2/h3-10H,1-2H3,(H,28,31)(H,29,30). The highest BCUT2D eigenvalue weighted by atomic mass is 35.5. The molecule has 3 rings (SSSR count). The predicted octanol–water partition coefficient (Wildman–Crippen LogP) is 5.27. The third-order valence-corrected chi connectivity index (χ3v) is 4.56. The molecule has 2 aromatic heterocycles. The highest BCUT2D eigenvalue weighted by molar-refractivity contribution is 6.34. The van der Waals surface area contributed by atoms with Crippen molar-refractivity contribution in [1.82, 2.24) is 9.97 Å². The van der Waals surface area contributed by atoms with Crippen LogP contribution >= 0.6 is 11.6 Å². The zero-order valence-electron chi connectivity index (χ0n) is 16.3. The second-order valence-corrected chi connectivity index (χ2v) is 7.09. The minimum atomic E-state index is -4.60. The minimum absolute atomic E-state index is 0.0145. The van der Waals surface area contributed by atoms with Crippen LogP contribution in [0.25, 0.3) is 0 Å². The Labute approximate surface area is 180 Å². The Bertz CT molecular complexity index is 1170. The number of benzene rings is 1. The van der Waals surface area contributed by atoms with Crippen molar-refractivity contribution in [2.75, 3.05) is 10.6 Å². The van der Waals surface area contributed by atoms with Crippen LogP contribution in [-0.2, 0) is 6.18 Å². The van der Waals surface area contributed by atoms with E-state index in [4.69, 9.17) is 11.6 Å². The van der Waals surface area contributed by atoms with Gasteiger partial charge >= 0.3 is 6.18 Å². The van der Waals surface area contributed by atoms with Gasteiger partial charge in [-0.2, -0.15) is 13.2 Å². The monoisotopic (exact) mass is 448 g/mol. The molecule has 1 aromatic carbocycles. The van der Waals surface area contributed by atoms with Crippen molar-refractivity contribution in [3.63, 3.8) is 0 Å². The zero-order chi connectivity index (χ0) is 22.8. The lowest BCUT2D eigenvalue weighted by molar-refractivity contribution is -0.141. The Balaban J connectivity index is 1.79. The molecule has 0 bridgehead atoms. The molecular weight excluding hydrogens is 433 g/mol. The van der Waals surface area contributed by atoms with E-state index >= 15 is 0 Å². The number of pyridine rings is 2. The van der Waals surface area contributed by atoms with E-state index in [0.29, 0.717) is 5.56 Å². The first-order valence-corrected chi connectivity index (χ1v) is 9.31. The molecule has 0 unspecified atom stereocenters. The number of carbonyl (C=O) groups excluding carboxylic acids is 2. The maximum Gasteiger partial charge on any atom is 0.433 e. The number of rotatable bonds is 4. The molecule has 0 aliphatic rings. The molecule has 0 saturated carbocycles. The Morgan fingerprint density at radius 1 is 0.968 bits per heavy atom. The maximum atomic E-state index is 12.8. The number of alkyl halides is 3. The van der Waals surface area contributed by atoms with Gasteiger partial charge in [0.05, 0.1) is 27.5 Å². The van der Waals surface area contributed by atoms with E-state index in [1.54, 1.807) is 19.2 Å². The summed E-state index contributed by atoms with van der Waals surface area (Å²) in [6.07, 6.45) is -1.59. The molecule has 3 aromatic rings. The van der Waals surface area contributed by atoms with Gasteiger partial charge in [0, 0.05) is 18.1 Å². The number of carbonyl (C=O) groups is 2. The van der Waals surface area contributed by atoms with Crippen LogP contribution < -0.4 is 10.6 Å². The Morgan fingerprint density at radius 3 is 2.35 bits per heavy atom. The second kappa shape index (κ2) is 8.73. The largest absolute Gasteiger partial charge is 0.433 e. The van der Waals surface area contributed by atoms with E-state index in [2.05, 4.69) is 20.6 Å². The number of nitrogens with one attached hydrogen (secondary N) is 2. The van der Waals surface area contributed by atoms with Crippen molar-refractivity contribution in [3.05, 3.63) is 81.9 Å². The van der Waals surface area contributed by atoms with E-state index in [1.165, 1.54) is 31.3 Å². The SMILES string of the molecule is Cc1cncc(C(=O)Nc2cc(NC(=O)c3ccc(C(F)(F)F)nc3C)ccc2Cl)c1. The van der Waals surface area contributed by atoms with Gasteiger partial charge in [-0.3, -0.25) is 14.6 Å². The molecule has 2 N–H and O–H groups in total. The first-order valence-electron chi connectivity index (χ1n) is 8.93. The van der Waals surface area contributed by atoms with Crippen molar-refractivity contribution in [1.29, 1.82) is 0 Å². The number of amides is 2. The van der Waals surface area contributed by atoms with Gasteiger partial charge in [-0.25, -0.2) is 4.98 Å². The first kappa shape index (κ1) is 22.2. The first-order chi connectivity index (χ1) is 14.5. The average Bonchev–Trinajstić information content (AvgIpc) is 2.69. The van der Waals surface area contributed by atoms with Crippen LogP contribution in [0.2, 0.25) is 5.02 Å². The molecule has 31 heavy (non-hydrogen) atoms. The van der Waals surface area contributed by atoms with Crippen LogP contribution in [-0.4, -0.2) is 21.8 Å². The zero-order valence-corrected chi connectivity index (χ0v) is 17.1. The van der Waals surface area contributed by atoms with E-state index < -0.39 is 23.7 Å².